The monoisotopic (exact) mass is 171 g/mol. The van der Waals surface area contributed by atoms with Gasteiger partial charge in [0.1, 0.15) is 0 Å². The predicted octanol–water partition coefficient (Wildman–Crippen LogP) is 1.61. The summed E-state index contributed by atoms with van der Waals surface area (Å²) in [7, 11) is 1.82. The standard InChI is InChI=1S/C9H17NO2/c1-3-8(9(11)12)6-4-5-7-10-2/h5,7-8,10H,3-4,6H2,1-2H3,(H,11,12)/b7-5+. The molecule has 0 spiro atoms. The number of nitrogens with one attached hydrogen (secondary N) is 1. The second-order valence-corrected chi connectivity index (χ2v) is 2.71. The van der Waals surface area contributed by atoms with Crippen LogP contribution in [0.2, 0.25) is 0 Å². The lowest BCUT2D eigenvalue weighted by Crippen LogP contribution is -2.11. The van der Waals surface area contributed by atoms with E-state index in [4.69, 9.17) is 5.11 Å². The van der Waals surface area contributed by atoms with Crippen LogP contribution < -0.4 is 5.32 Å². The third-order valence-corrected chi connectivity index (χ3v) is 1.81. The maximum atomic E-state index is 10.6. The number of allylic oxidation sites excluding steroid dienone is 1. The Morgan fingerprint density at radius 3 is 2.75 bits per heavy atom. The van der Waals surface area contributed by atoms with Crippen LogP contribution in [-0.2, 0) is 4.79 Å². The Morgan fingerprint density at radius 1 is 1.67 bits per heavy atom. The number of hydrogen-bond donors (Lipinski definition) is 2. The van der Waals surface area contributed by atoms with Crippen LogP contribution in [-0.4, -0.2) is 18.1 Å². The molecule has 0 saturated heterocycles. The quantitative estimate of drug-likeness (QED) is 0.638. The Hall–Kier alpha value is -0.990. The Bertz CT molecular complexity index is 155. The second-order valence-electron chi connectivity index (χ2n) is 2.71. The molecule has 0 fully saturated rings. The lowest BCUT2D eigenvalue weighted by Gasteiger charge is -2.06. The summed E-state index contributed by atoms with van der Waals surface area (Å²) < 4.78 is 0. The first-order valence-electron chi connectivity index (χ1n) is 4.27. The Balaban J connectivity index is 3.58. The maximum Gasteiger partial charge on any atom is 0.306 e. The zero-order chi connectivity index (χ0) is 9.40. The minimum Gasteiger partial charge on any atom is -0.481 e. The van der Waals surface area contributed by atoms with Gasteiger partial charge in [-0.25, -0.2) is 0 Å². The van der Waals surface area contributed by atoms with Crippen LogP contribution in [0.1, 0.15) is 26.2 Å². The zero-order valence-corrected chi connectivity index (χ0v) is 7.71. The van der Waals surface area contributed by atoms with E-state index in [1.165, 1.54) is 0 Å². The van der Waals surface area contributed by atoms with E-state index in [9.17, 15) is 4.79 Å². The number of carboxylic acid groups (broad SMARTS) is 1. The summed E-state index contributed by atoms with van der Waals surface area (Å²) in [6.45, 7) is 1.90. The van der Waals surface area contributed by atoms with Gasteiger partial charge in [0.15, 0.2) is 0 Å². The van der Waals surface area contributed by atoms with Crippen LogP contribution in [0.15, 0.2) is 12.3 Å². The summed E-state index contributed by atoms with van der Waals surface area (Å²) in [6, 6.07) is 0. The minimum absolute atomic E-state index is 0.188. The van der Waals surface area contributed by atoms with E-state index >= 15 is 0 Å². The van der Waals surface area contributed by atoms with Crippen molar-refractivity contribution in [3.8, 4) is 0 Å². The van der Waals surface area contributed by atoms with Gasteiger partial charge in [0.2, 0.25) is 0 Å². The van der Waals surface area contributed by atoms with Crippen molar-refractivity contribution in [1.29, 1.82) is 0 Å². The van der Waals surface area contributed by atoms with Gasteiger partial charge in [-0.15, -0.1) is 0 Å². The molecular formula is C9H17NO2. The fourth-order valence-corrected chi connectivity index (χ4v) is 1.00. The fraction of sp³-hybridized carbons (Fsp3) is 0.667. The molecule has 1 atom stereocenters. The van der Waals surface area contributed by atoms with Gasteiger partial charge in [0.25, 0.3) is 0 Å². The molecule has 0 aromatic carbocycles. The third kappa shape index (κ3) is 4.77. The average Bonchev–Trinajstić information content (AvgIpc) is 2.04. The molecular weight excluding hydrogens is 154 g/mol. The van der Waals surface area contributed by atoms with Gasteiger partial charge in [-0.1, -0.05) is 13.0 Å². The molecule has 70 valence electrons. The molecule has 0 aromatic heterocycles. The first-order valence-corrected chi connectivity index (χ1v) is 4.27. The minimum atomic E-state index is -0.685. The van der Waals surface area contributed by atoms with Crippen LogP contribution in [0, 0.1) is 5.92 Å². The molecule has 1 unspecified atom stereocenters. The van der Waals surface area contributed by atoms with Crippen molar-refractivity contribution in [1.82, 2.24) is 5.32 Å². The molecule has 12 heavy (non-hydrogen) atoms. The van der Waals surface area contributed by atoms with E-state index in [1.807, 2.05) is 26.2 Å². The smallest absolute Gasteiger partial charge is 0.306 e. The van der Waals surface area contributed by atoms with Crippen LogP contribution >= 0.6 is 0 Å². The van der Waals surface area contributed by atoms with Gasteiger partial charge in [-0.2, -0.15) is 0 Å². The molecule has 2 N–H and O–H groups in total. The molecule has 0 amide bonds. The summed E-state index contributed by atoms with van der Waals surface area (Å²) in [5.74, 6) is -0.873. The molecule has 0 aromatic rings. The highest BCUT2D eigenvalue weighted by molar-refractivity contribution is 5.69. The van der Waals surface area contributed by atoms with Gasteiger partial charge >= 0.3 is 5.97 Å². The third-order valence-electron chi connectivity index (χ3n) is 1.81. The molecule has 0 aliphatic heterocycles. The predicted molar refractivity (Wildman–Crippen MR) is 48.9 cm³/mol. The van der Waals surface area contributed by atoms with Gasteiger partial charge < -0.3 is 10.4 Å². The normalized spacial score (nSPS) is 13.2. The van der Waals surface area contributed by atoms with E-state index in [-0.39, 0.29) is 5.92 Å². The number of aliphatic carboxylic acids is 1. The molecule has 0 rings (SSSR count). The lowest BCUT2D eigenvalue weighted by atomic mass is 10.0. The summed E-state index contributed by atoms with van der Waals surface area (Å²) in [4.78, 5) is 10.6. The Morgan fingerprint density at radius 2 is 2.33 bits per heavy atom. The molecule has 0 saturated carbocycles. The molecule has 0 radical (unpaired) electrons. The van der Waals surface area contributed by atoms with Crippen molar-refractivity contribution in [2.45, 2.75) is 26.2 Å². The summed E-state index contributed by atoms with van der Waals surface area (Å²) >= 11 is 0. The van der Waals surface area contributed by atoms with Crippen LogP contribution in [0.25, 0.3) is 0 Å². The van der Waals surface area contributed by atoms with Gasteiger partial charge in [0.05, 0.1) is 5.92 Å². The van der Waals surface area contributed by atoms with Gasteiger partial charge in [0, 0.05) is 7.05 Å². The average molecular weight is 171 g/mol. The van der Waals surface area contributed by atoms with Gasteiger partial charge in [-0.3, -0.25) is 4.79 Å². The van der Waals surface area contributed by atoms with Gasteiger partial charge in [-0.05, 0) is 25.5 Å². The zero-order valence-electron chi connectivity index (χ0n) is 7.71. The van der Waals surface area contributed by atoms with Crippen molar-refractivity contribution in [2.75, 3.05) is 7.05 Å². The van der Waals surface area contributed by atoms with E-state index in [1.54, 1.807) is 0 Å². The van der Waals surface area contributed by atoms with Crippen molar-refractivity contribution in [3.05, 3.63) is 12.3 Å². The van der Waals surface area contributed by atoms with Crippen molar-refractivity contribution in [3.63, 3.8) is 0 Å². The number of hydrogen-bond acceptors (Lipinski definition) is 2. The highest BCUT2D eigenvalue weighted by Crippen LogP contribution is 2.10. The van der Waals surface area contributed by atoms with E-state index < -0.39 is 5.97 Å². The molecule has 0 aliphatic rings. The first-order chi connectivity index (χ1) is 5.72. The maximum absolute atomic E-state index is 10.6. The summed E-state index contributed by atoms with van der Waals surface area (Å²) in [6.07, 6.45) is 6.04. The first kappa shape index (κ1) is 11.0. The topological polar surface area (TPSA) is 49.3 Å². The number of carbonyl (C=O) groups is 1. The summed E-state index contributed by atoms with van der Waals surface area (Å²) in [5, 5.41) is 11.6. The van der Waals surface area contributed by atoms with Crippen molar-refractivity contribution >= 4 is 5.97 Å². The SMILES string of the molecule is CCC(CC/C=C/NC)C(=O)O. The largest absolute Gasteiger partial charge is 0.481 e. The van der Waals surface area contributed by atoms with E-state index in [2.05, 4.69) is 5.32 Å². The Labute approximate surface area is 73.5 Å². The van der Waals surface area contributed by atoms with Crippen LogP contribution in [0.5, 0.6) is 0 Å². The van der Waals surface area contributed by atoms with E-state index in [0.29, 0.717) is 6.42 Å². The Kier molecular flexibility index (Phi) is 6.15. The molecule has 0 bridgehead atoms. The lowest BCUT2D eigenvalue weighted by molar-refractivity contribution is -0.142. The molecule has 3 nitrogen and oxygen atoms in total. The summed E-state index contributed by atoms with van der Waals surface area (Å²) in [5.41, 5.74) is 0. The fourth-order valence-electron chi connectivity index (χ4n) is 1.00. The number of rotatable bonds is 6. The van der Waals surface area contributed by atoms with E-state index in [0.717, 1.165) is 12.8 Å². The van der Waals surface area contributed by atoms with Crippen LogP contribution in [0.3, 0.4) is 0 Å². The molecule has 0 heterocycles. The molecule has 0 aliphatic carbocycles. The highest BCUT2D eigenvalue weighted by Gasteiger charge is 2.12. The molecule has 3 heteroatoms. The van der Waals surface area contributed by atoms with Crippen molar-refractivity contribution < 1.29 is 9.90 Å². The second kappa shape index (κ2) is 6.70. The highest BCUT2D eigenvalue weighted by atomic mass is 16.4. The van der Waals surface area contributed by atoms with Crippen LogP contribution in [0.4, 0.5) is 0 Å². The van der Waals surface area contributed by atoms with Crippen molar-refractivity contribution in [2.24, 2.45) is 5.92 Å². The number of carboxylic acids is 1.